The fourth-order valence-electron chi connectivity index (χ4n) is 4.63. The zero-order valence-corrected chi connectivity index (χ0v) is 25.2. The fourth-order valence-corrected chi connectivity index (χ4v) is 5.77. The normalized spacial score (nSPS) is 14.4. The molecule has 0 unspecified atom stereocenters. The number of ether oxygens (including phenoxy) is 4. The summed E-state index contributed by atoms with van der Waals surface area (Å²) < 4.78 is 37.7. The van der Waals surface area contributed by atoms with Crippen LogP contribution in [-0.2, 0) is 16.1 Å². The van der Waals surface area contributed by atoms with Crippen molar-refractivity contribution in [2.24, 2.45) is 4.99 Å². The minimum absolute atomic E-state index is 0.187. The Balaban J connectivity index is 1.60. The molecule has 0 bridgehead atoms. The molecule has 5 rings (SSSR count). The minimum Gasteiger partial charge on any atom is -0.490 e. The van der Waals surface area contributed by atoms with Crippen molar-refractivity contribution in [3.8, 4) is 17.2 Å². The summed E-state index contributed by atoms with van der Waals surface area (Å²) in [6, 6.07) is 15.6. The van der Waals surface area contributed by atoms with E-state index in [0.29, 0.717) is 55.9 Å². The maximum absolute atomic E-state index is 14.0. The largest absolute Gasteiger partial charge is 0.490 e. The fraction of sp³-hybridized carbons (Fsp3) is 0.219. The van der Waals surface area contributed by atoms with E-state index in [-0.39, 0.29) is 23.6 Å². The highest BCUT2D eigenvalue weighted by atomic mass is 35.5. The lowest BCUT2D eigenvalue weighted by Gasteiger charge is -2.23. The molecule has 1 aliphatic heterocycles. The number of carbonyl (C=O) groups excluding carboxylic acids is 1. The lowest BCUT2D eigenvalue weighted by molar-refractivity contribution is -0.136. The van der Waals surface area contributed by atoms with Crippen LogP contribution >= 0.6 is 22.9 Å². The van der Waals surface area contributed by atoms with E-state index in [1.165, 1.54) is 41.3 Å². The number of fused-ring (bicyclic) bond motifs is 1. The number of hydrogen-bond donors (Lipinski definition) is 0. The summed E-state index contributed by atoms with van der Waals surface area (Å²) >= 11 is 7.48. The zero-order valence-electron chi connectivity index (χ0n) is 23.6. The number of rotatable bonds is 10. The molecule has 1 aromatic heterocycles. The zero-order chi connectivity index (χ0) is 30.5. The molecule has 222 valence electrons. The van der Waals surface area contributed by atoms with E-state index < -0.39 is 12.0 Å². The highest BCUT2D eigenvalue weighted by molar-refractivity contribution is 7.07. The molecule has 2 heterocycles. The quantitative estimate of drug-likeness (QED) is 0.226. The first-order valence-corrected chi connectivity index (χ1v) is 14.7. The number of thiazole rings is 1. The minimum atomic E-state index is -0.825. The van der Waals surface area contributed by atoms with E-state index in [4.69, 9.17) is 30.5 Å². The van der Waals surface area contributed by atoms with Crippen LogP contribution in [0.3, 0.4) is 0 Å². The Hall–Kier alpha value is -4.41. The highest BCUT2D eigenvalue weighted by Gasteiger charge is 2.31. The van der Waals surface area contributed by atoms with E-state index in [1.54, 1.807) is 54.6 Å². The van der Waals surface area contributed by atoms with Gasteiger partial charge in [-0.05, 0) is 73.5 Å². The van der Waals surface area contributed by atoms with Gasteiger partial charge in [0.15, 0.2) is 16.3 Å². The molecule has 0 radical (unpaired) electrons. The summed E-state index contributed by atoms with van der Waals surface area (Å²) in [5.74, 6) is 0.588. The number of nitrogens with zero attached hydrogens (tertiary/aromatic N) is 2. The summed E-state index contributed by atoms with van der Waals surface area (Å²) in [5, 5.41) is 0.455. The predicted octanol–water partition coefficient (Wildman–Crippen LogP) is 5.19. The van der Waals surface area contributed by atoms with E-state index in [2.05, 4.69) is 4.99 Å². The number of methoxy groups -OCH3 is 1. The standard InChI is InChI=1S/C32H28ClFN2O6S/c1-4-40-26-12-8-20(15-27(26)41-5-2)29-24(31(38)39-3)17-35-32-36(29)30(37)28(43-32)16-21-14-22(33)9-13-25(21)42-18-19-6-10-23(34)11-7-19/h6-17,29H,4-5,18H2,1-3H3/b28-16+/t29-/m1/s1. The third kappa shape index (κ3) is 6.50. The molecule has 1 atom stereocenters. The number of halogens is 2. The van der Waals surface area contributed by atoms with Gasteiger partial charge in [0.1, 0.15) is 18.2 Å². The third-order valence-electron chi connectivity index (χ3n) is 6.57. The molecular formula is C32H28ClFN2O6S. The van der Waals surface area contributed by atoms with Crippen molar-refractivity contribution in [3.05, 3.63) is 120 Å². The number of hydrogen-bond acceptors (Lipinski definition) is 8. The smallest absolute Gasteiger partial charge is 0.337 e. The average Bonchev–Trinajstić information content (AvgIpc) is 3.32. The van der Waals surface area contributed by atoms with Crippen LogP contribution in [0.25, 0.3) is 6.08 Å². The Kier molecular flexibility index (Phi) is 9.27. The van der Waals surface area contributed by atoms with Crippen LogP contribution in [0, 0.1) is 5.82 Å². The Morgan fingerprint density at radius 3 is 2.44 bits per heavy atom. The van der Waals surface area contributed by atoms with Crippen molar-refractivity contribution in [2.45, 2.75) is 26.5 Å². The van der Waals surface area contributed by atoms with Crippen LogP contribution in [0.5, 0.6) is 17.2 Å². The Morgan fingerprint density at radius 1 is 1.00 bits per heavy atom. The van der Waals surface area contributed by atoms with Crippen LogP contribution in [0.15, 0.2) is 82.2 Å². The first-order chi connectivity index (χ1) is 20.8. The summed E-state index contributed by atoms with van der Waals surface area (Å²) in [7, 11) is 1.28. The van der Waals surface area contributed by atoms with Gasteiger partial charge in [0, 0.05) is 16.8 Å². The predicted molar refractivity (Wildman–Crippen MR) is 162 cm³/mol. The van der Waals surface area contributed by atoms with Gasteiger partial charge >= 0.3 is 5.97 Å². The lowest BCUT2D eigenvalue weighted by atomic mass is 9.97. The third-order valence-corrected chi connectivity index (χ3v) is 7.81. The second-order valence-electron chi connectivity index (χ2n) is 9.35. The molecule has 8 nitrogen and oxygen atoms in total. The molecule has 3 aromatic carbocycles. The van der Waals surface area contributed by atoms with Crippen molar-refractivity contribution in [1.29, 1.82) is 0 Å². The number of esters is 1. The monoisotopic (exact) mass is 622 g/mol. The van der Waals surface area contributed by atoms with Gasteiger partial charge in [-0.3, -0.25) is 9.36 Å². The van der Waals surface area contributed by atoms with Gasteiger partial charge in [0.2, 0.25) is 0 Å². The first kappa shape index (κ1) is 30.1. The Morgan fingerprint density at radius 2 is 1.72 bits per heavy atom. The Bertz CT molecular complexity index is 1870. The second-order valence-corrected chi connectivity index (χ2v) is 10.8. The van der Waals surface area contributed by atoms with Crippen molar-refractivity contribution >= 4 is 35.0 Å². The molecule has 0 amide bonds. The van der Waals surface area contributed by atoms with Crippen molar-refractivity contribution in [1.82, 2.24) is 4.57 Å². The average molecular weight is 623 g/mol. The van der Waals surface area contributed by atoms with Gasteiger partial charge < -0.3 is 18.9 Å². The van der Waals surface area contributed by atoms with Crippen LogP contribution < -0.4 is 29.1 Å². The van der Waals surface area contributed by atoms with Gasteiger partial charge in [-0.1, -0.05) is 41.1 Å². The van der Waals surface area contributed by atoms with Crippen LogP contribution in [0.4, 0.5) is 4.39 Å². The molecule has 1 aliphatic rings. The number of carbonyl (C=O) groups is 1. The molecule has 0 saturated carbocycles. The molecular weight excluding hydrogens is 595 g/mol. The summed E-state index contributed by atoms with van der Waals surface area (Å²) in [5.41, 5.74) is 1.80. The topological polar surface area (TPSA) is 88.4 Å². The summed E-state index contributed by atoms with van der Waals surface area (Å²) in [6.07, 6.45) is 3.11. The van der Waals surface area contributed by atoms with Gasteiger partial charge in [-0.25, -0.2) is 14.2 Å². The van der Waals surface area contributed by atoms with Crippen molar-refractivity contribution < 1.29 is 28.1 Å². The molecule has 0 fully saturated rings. The van der Waals surface area contributed by atoms with Crippen LogP contribution in [-0.4, -0.2) is 30.9 Å². The number of aromatic nitrogens is 1. The van der Waals surface area contributed by atoms with Gasteiger partial charge in [-0.15, -0.1) is 0 Å². The number of benzene rings is 3. The maximum Gasteiger partial charge on any atom is 0.337 e. The van der Waals surface area contributed by atoms with Crippen molar-refractivity contribution in [2.75, 3.05) is 20.3 Å². The SMILES string of the molecule is CCOc1ccc([C@@H]2C(C(=O)OC)=CN=c3s/c(=C/c4cc(Cl)ccc4OCc4ccc(F)cc4)c(=O)n32)cc1OCC. The van der Waals surface area contributed by atoms with E-state index in [9.17, 15) is 14.0 Å². The molecule has 43 heavy (non-hydrogen) atoms. The second kappa shape index (κ2) is 13.3. The summed E-state index contributed by atoms with van der Waals surface area (Å²) in [6.45, 7) is 4.77. The van der Waals surface area contributed by atoms with E-state index in [0.717, 1.165) is 5.56 Å². The molecule has 0 N–H and O–H groups in total. The van der Waals surface area contributed by atoms with Gasteiger partial charge in [0.25, 0.3) is 5.56 Å². The van der Waals surface area contributed by atoms with Crippen LogP contribution in [0.2, 0.25) is 5.02 Å². The molecule has 0 spiro atoms. The van der Waals surface area contributed by atoms with Crippen LogP contribution in [0.1, 0.15) is 36.6 Å². The lowest BCUT2D eigenvalue weighted by Crippen LogP contribution is -2.39. The molecule has 0 aliphatic carbocycles. The van der Waals surface area contributed by atoms with Gasteiger partial charge in [-0.2, -0.15) is 0 Å². The van der Waals surface area contributed by atoms with E-state index >= 15 is 0 Å². The molecule has 0 saturated heterocycles. The van der Waals surface area contributed by atoms with Gasteiger partial charge in [0.05, 0.1) is 36.5 Å². The Labute approximate surface area is 255 Å². The van der Waals surface area contributed by atoms with E-state index in [1.807, 2.05) is 13.8 Å². The highest BCUT2D eigenvalue weighted by Crippen LogP contribution is 2.35. The van der Waals surface area contributed by atoms with Crippen molar-refractivity contribution in [3.63, 3.8) is 0 Å². The molecule has 4 aromatic rings. The summed E-state index contributed by atoms with van der Waals surface area (Å²) in [4.78, 5) is 31.7. The molecule has 11 heteroatoms. The first-order valence-electron chi connectivity index (χ1n) is 13.5. The maximum atomic E-state index is 14.0.